The van der Waals surface area contributed by atoms with Crippen molar-refractivity contribution in [1.29, 1.82) is 0 Å². The van der Waals surface area contributed by atoms with E-state index in [-0.39, 0.29) is 35.2 Å². The number of hydrogen-bond donors (Lipinski definition) is 2. The van der Waals surface area contributed by atoms with Crippen molar-refractivity contribution in [2.45, 2.75) is 6.92 Å². The summed E-state index contributed by atoms with van der Waals surface area (Å²) in [7, 11) is -4.48. The van der Waals surface area contributed by atoms with E-state index in [4.69, 9.17) is 20.5 Å². The van der Waals surface area contributed by atoms with Gasteiger partial charge >= 0.3 is 22.3 Å². The van der Waals surface area contributed by atoms with Crippen LogP contribution in [0.25, 0.3) is 11.4 Å². The van der Waals surface area contributed by atoms with E-state index in [1.807, 2.05) is 6.07 Å². The number of hydrogen-bond acceptors (Lipinski definition) is 8. The first-order valence-corrected chi connectivity index (χ1v) is 10.4. The van der Waals surface area contributed by atoms with Gasteiger partial charge in [-0.25, -0.2) is 9.52 Å². The predicted molar refractivity (Wildman–Crippen MR) is 110 cm³/mol. The zero-order valence-electron chi connectivity index (χ0n) is 15.6. The van der Waals surface area contributed by atoms with Gasteiger partial charge in [-0.05, 0) is 19.1 Å². The molecular formula is C18H16ClN5O5S. The zero-order valence-corrected chi connectivity index (χ0v) is 17.1. The molecule has 0 spiro atoms. The molecule has 2 aromatic carbocycles. The number of benzene rings is 2. The lowest BCUT2D eigenvalue weighted by molar-refractivity contribution is 0.255. The average molecular weight is 450 g/mol. The molecule has 1 aromatic heterocycles. The number of anilines is 1. The van der Waals surface area contributed by atoms with Crippen LogP contribution in [-0.2, 0) is 10.3 Å². The van der Waals surface area contributed by atoms with Gasteiger partial charge in [0.15, 0.2) is 5.82 Å². The molecular weight excluding hydrogens is 434 g/mol. The SMILES string of the molecule is CCOc1nc(NC(=O)NS(=O)(=O)Oc2cccc(Cl)c2)nc(-c2ccccc2)n1. The minimum Gasteiger partial charge on any atom is -0.464 e. The Hall–Kier alpha value is -3.44. The van der Waals surface area contributed by atoms with Gasteiger partial charge in [0.1, 0.15) is 5.75 Å². The Balaban J connectivity index is 1.76. The number of urea groups is 1. The Morgan fingerprint density at radius 2 is 1.83 bits per heavy atom. The monoisotopic (exact) mass is 449 g/mol. The van der Waals surface area contributed by atoms with Gasteiger partial charge in [-0.1, -0.05) is 48.0 Å². The largest absolute Gasteiger partial charge is 0.464 e. The van der Waals surface area contributed by atoms with E-state index >= 15 is 0 Å². The second-order valence-electron chi connectivity index (χ2n) is 5.62. The molecule has 0 bridgehead atoms. The van der Waals surface area contributed by atoms with Gasteiger partial charge in [-0.15, -0.1) is 0 Å². The molecule has 0 saturated carbocycles. The summed E-state index contributed by atoms with van der Waals surface area (Å²) in [4.78, 5) is 24.4. The molecule has 0 radical (unpaired) electrons. The van der Waals surface area contributed by atoms with Crippen molar-refractivity contribution in [3.8, 4) is 23.1 Å². The van der Waals surface area contributed by atoms with Crippen LogP contribution >= 0.6 is 11.6 Å². The molecule has 30 heavy (non-hydrogen) atoms. The van der Waals surface area contributed by atoms with Crippen LogP contribution in [0.5, 0.6) is 11.8 Å². The second-order valence-corrected chi connectivity index (χ2v) is 7.33. The van der Waals surface area contributed by atoms with E-state index in [0.29, 0.717) is 5.56 Å². The molecule has 12 heteroatoms. The van der Waals surface area contributed by atoms with Crippen molar-refractivity contribution in [2.75, 3.05) is 11.9 Å². The topological polar surface area (TPSA) is 132 Å². The molecule has 2 N–H and O–H groups in total. The summed E-state index contributed by atoms with van der Waals surface area (Å²) in [6.07, 6.45) is 0. The number of carbonyl (C=O) groups excluding carboxylic acids is 1. The maximum Gasteiger partial charge on any atom is 0.411 e. The molecule has 2 amide bonds. The minimum atomic E-state index is -4.48. The molecule has 0 fully saturated rings. The van der Waals surface area contributed by atoms with Crippen molar-refractivity contribution >= 4 is 33.9 Å². The van der Waals surface area contributed by atoms with E-state index in [1.165, 1.54) is 18.2 Å². The van der Waals surface area contributed by atoms with E-state index in [1.54, 1.807) is 42.0 Å². The number of nitrogens with zero attached hydrogens (tertiary/aromatic N) is 3. The van der Waals surface area contributed by atoms with E-state index in [9.17, 15) is 13.2 Å². The summed E-state index contributed by atoms with van der Waals surface area (Å²) in [5.41, 5.74) is 0.654. The molecule has 0 atom stereocenters. The molecule has 0 aliphatic carbocycles. The molecule has 156 valence electrons. The lowest BCUT2D eigenvalue weighted by Crippen LogP contribution is -2.37. The van der Waals surface area contributed by atoms with Crippen molar-refractivity contribution in [1.82, 2.24) is 19.7 Å². The highest BCUT2D eigenvalue weighted by Crippen LogP contribution is 2.19. The lowest BCUT2D eigenvalue weighted by Gasteiger charge is -2.10. The van der Waals surface area contributed by atoms with Crippen LogP contribution in [0.2, 0.25) is 5.02 Å². The standard InChI is InChI=1S/C18H16ClN5O5S/c1-2-28-18-21-15(12-7-4-3-5-8-12)20-16(23-18)22-17(25)24-30(26,27)29-14-10-6-9-13(19)11-14/h3-11H,2H2,1H3,(H2,20,21,22,23,24,25). The highest BCUT2D eigenvalue weighted by Gasteiger charge is 2.19. The summed E-state index contributed by atoms with van der Waals surface area (Å²) in [5.74, 6) is -0.0295. The van der Waals surface area contributed by atoms with E-state index in [0.717, 1.165) is 0 Å². The van der Waals surface area contributed by atoms with E-state index in [2.05, 4.69) is 20.3 Å². The Labute approximate surface area is 177 Å². The van der Waals surface area contributed by atoms with Gasteiger partial charge in [0, 0.05) is 16.7 Å². The molecule has 3 aromatic rings. The predicted octanol–water partition coefficient (Wildman–Crippen LogP) is 3.04. The highest BCUT2D eigenvalue weighted by atomic mass is 35.5. The second kappa shape index (κ2) is 9.37. The van der Waals surface area contributed by atoms with Gasteiger partial charge in [0.2, 0.25) is 5.95 Å². The fourth-order valence-corrected chi connectivity index (χ4v) is 3.09. The lowest BCUT2D eigenvalue weighted by atomic mass is 10.2. The maximum absolute atomic E-state index is 12.2. The normalized spacial score (nSPS) is 10.9. The van der Waals surface area contributed by atoms with Crippen LogP contribution in [0, 0.1) is 0 Å². The van der Waals surface area contributed by atoms with Crippen LogP contribution in [0.4, 0.5) is 10.7 Å². The van der Waals surface area contributed by atoms with Crippen molar-refractivity contribution in [3.05, 3.63) is 59.6 Å². The van der Waals surface area contributed by atoms with Crippen LogP contribution in [0.15, 0.2) is 54.6 Å². The number of aromatic nitrogens is 3. The summed E-state index contributed by atoms with van der Waals surface area (Å²) in [6.45, 7) is 2.03. The fourth-order valence-electron chi connectivity index (χ4n) is 2.23. The minimum absolute atomic E-state index is 0.0281. The molecule has 0 saturated heterocycles. The van der Waals surface area contributed by atoms with Gasteiger partial charge < -0.3 is 8.92 Å². The summed E-state index contributed by atoms with van der Waals surface area (Å²) in [5, 5.41) is 2.50. The first-order valence-electron chi connectivity index (χ1n) is 8.57. The third-order valence-electron chi connectivity index (χ3n) is 3.37. The fraction of sp³-hybridized carbons (Fsp3) is 0.111. The van der Waals surface area contributed by atoms with Gasteiger partial charge in [-0.3, -0.25) is 5.32 Å². The number of ether oxygens (including phenoxy) is 1. The zero-order chi connectivity index (χ0) is 21.6. The molecule has 3 rings (SSSR count). The Kier molecular flexibility index (Phi) is 6.65. The summed E-state index contributed by atoms with van der Waals surface area (Å²) < 4.78 is 35.9. The summed E-state index contributed by atoms with van der Waals surface area (Å²) >= 11 is 5.78. The number of rotatable bonds is 7. The molecule has 10 nitrogen and oxygen atoms in total. The number of halogens is 1. The van der Waals surface area contributed by atoms with Gasteiger partial charge in [-0.2, -0.15) is 23.4 Å². The van der Waals surface area contributed by atoms with E-state index < -0.39 is 16.3 Å². The number of carbonyl (C=O) groups is 1. The molecule has 1 heterocycles. The van der Waals surface area contributed by atoms with Crippen molar-refractivity contribution in [3.63, 3.8) is 0 Å². The Morgan fingerprint density at radius 3 is 2.53 bits per heavy atom. The third-order valence-corrected chi connectivity index (χ3v) is 4.45. The van der Waals surface area contributed by atoms with Crippen LogP contribution in [0.1, 0.15) is 6.92 Å². The Bertz CT molecular complexity index is 1140. The first kappa shape index (κ1) is 21.3. The summed E-state index contributed by atoms with van der Waals surface area (Å²) in [6, 6.07) is 13.5. The average Bonchev–Trinajstić information content (AvgIpc) is 2.67. The molecule has 0 aliphatic heterocycles. The smallest absolute Gasteiger partial charge is 0.411 e. The Morgan fingerprint density at radius 1 is 1.07 bits per heavy atom. The maximum atomic E-state index is 12.2. The van der Waals surface area contributed by atoms with Gasteiger partial charge in [0.25, 0.3) is 0 Å². The highest BCUT2D eigenvalue weighted by molar-refractivity contribution is 7.85. The van der Waals surface area contributed by atoms with Gasteiger partial charge in [0.05, 0.1) is 6.61 Å². The van der Waals surface area contributed by atoms with Crippen LogP contribution in [0.3, 0.4) is 0 Å². The van der Waals surface area contributed by atoms with Crippen LogP contribution < -0.4 is 19.0 Å². The number of nitrogens with one attached hydrogen (secondary N) is 2. The quantitative estimate of drug-likeness (QED) is 0.562. The van der Waals surface area contributed by atoms with Crippen molar-refractivity contribution < 1.29 is 22.1 Å². The third kappa shape index (κ3) is 6.03. The first-order chi connectivity index (χ1) is 14.3. The van der Waals surface area contributed by atoms with Crippen LogP contribution in [-0.4, -0.2) is 36.0 Å². The van der Waals surface area contributed by atoms with Crippen molar-refractivity contribution in [2.24, 2.45) is 0 Å². The molecule has 0 aliphatic rings. The number of amides is 2. The molecule has 0 unspecified atom stereocenters.